The standard InChI is InChI=1S/C27H32N6O4S/c28-20(17-19-7-2-1-3-8-19)26-32-21(18-38-26)27(36)33-14-5-10-23(34)29-13-16-37-22-9-4-11-30-24(22)25(35)31-12-6-15-33/h1-4,7-9,11,18,20H,5-6,10,12-17,28H2,(H,29,34)(H,31,35)/t20-/m0/s1. The minimum Gasteiger partial charge on any atom is -0.489 e. The fourth-order valence-corrected chi connectivity index (χ4v) is 4.89. The number of carbonyl (C=O) groups is 3. The number of nitrogens with two attached hydrogens (primary N) is 1. The molecule has 4 rings (SSSR count). The number of ether oxygens (including phenoxy) is 1. The van der Waals surface area contributed by atoms with E-state index in [9.17, 15) is 14.4 Å². The number of thiazole rings is 1. The van der Waals surface area contributed by atoms with Crippen LogP contribution in [0.5, 0.6) is 5.75 Å². The molecule has 0 saturated carbocycles. The average molecular weight is 537 g/mol. The summed E-state index contributed by atoms with van der Waals surface area (Å²) < 4.78 is 5.65. The predicted octanol–water partition coefficient (Wildman–Crippen LogP) is 2.33. The van der Waals surface area contributed by atoms with E-state index in [1.165, 1.54) is 17.5 Å². The molecule has 1 atom stereocenters. The lowest BCUT2D eigenvalue weighted by Gasteiger charge is -2.22. The van der Waals surface area contributed by atoms with E-state index in [2.05, 4.69) is 20.6 Å². The topological polar surface area (TPSA) is 140 Å². The van der Waals surface area contributed by atoms with Gasteiger partial charge in [-0.2, -0.15) is 0 Å². The largest absolute Gasteiger partial charge is 0.489 e. The Morgan fingerprint density at radius 2 is 1.89 bits per heavy atom. The molecule has 1 aliphatic heterocycles. The van der Waals surface area contributed by atoms with Gasteiger partial charge in [0.25, 0.3) is 11.8 Å². The van der Waals surface area contributed by atoms with Crippen molar-refractivity contribution < 1.29 is 19.1 Å². The number of hydrogen-bond acceptors (Lipinski definition) is 8. The van der Waals surface area contributed by atoms with Crippen molar-refractivity contribution in [1.29, 1.82) is 0 Å². The molecule has 0 saturated heterocycles. The quantitative estimate of drug-likeness (QED) is 0.465. The van der Waals surface area contributed by atoms with Crippen LogP contribution < -0.4 is 21.1 Å². The number of fused-ring (bicyclic) bond motifs is 1. The highest BCUT2D eigenvalue weighted by Gasteiger charge is 2.21. The van der Waals surface area contributed by atoms with Gasteiger partial charge in [-0.3, -0.25) is 14.4 Å². The van der Waals surface area contributed by atoms with Crippen molar-refractivity contribution in [2.24, 2.45) is 5.73 Å². The Labute approximate surface area is 225 Å². The normalized spacial score (nSPS) is 16.5. The minimum absolute atomic E-state index is 0.125. The first kappa shape index (κ1) is 27.2. The number of aromatic nitrogens is 2. The zero-order valence-electron chi connectivity index (χ0n) is 21.1. The molecule has 1 aromatic carbocycles. The third kappa shape index (κ3) is 7.59. The number of nitrogens with one attached hydrogen (secondary N) is 2. The minimum atomic E-state index is -0.355. The predicted molar refractivity (Wildman–Crippen MR) is 144 cm³/mol. The SMILES string of the molecule is N[C@@H](Cc1ccccc1)c1nc(C(=O)N2CCCNC(=O)c3ncccc3OCCNC(=O)CCC2)cs1. The van der Waals surface area contributed by atoms with Crippen LogP contribution in [0, 0.1) is 0 Å². The summed E-state index contributed by atoms with van der Waals surface area (Å²) >= 11 is 1.37. The lowest BCUT2D eigenvalue weighted by Crippen LogP contribution is -2.36. The molecule has 0 aliphatic carbocycles. The number of carbonyl (C=O) groups excluding carboxylic acids is 3. The molecule has 0 spiro atoms. The van der Waals surface area contributed by atoms with Gasteiger partial charge < -0.3 is 26.0 Å². The molecular formula is C27H32N6O4S. The molecule has 1 aliphatic rings. The number of benzene rings is 1. The molecule has 0 unspecified atom stereocenters. The van der Waals surface area contributed by atoms with Gasteiger partial charge in [0.05, 0.1) is 12.6 Å². The average Bonchev–Trinajstić information content (AvgIpc) is 3.43. The highest BCUT2D eigenvalue weighted by atomic mass is 32.1. The van der Waals surface area contributed by atoms with Gasteiger partial charge in [-0.25, -0.2) is 9.97 Å². The Kier molecular flexibility index (Phi) is 9.77. The molecular weight excluding hydrogens is 504 g/mol. The van der Waals surface area contributed by atoms with E-state index in [4.69, 9.17) is 10.5 Å². The van der Waals surface area contributed by atoms with E-state index in [-0.39, 0.29) is 42.5 Å². The molecule has 0 radical (unpaired) electrons. The fraction of sp³-hybridized carbons (Fsp3) is 0.370. The van der Waals surface area contributed by atoms with Crippen molar-refractivity contribution in [3.05, 3.63) is 76.0 Å². The lowest BCUT2D eigenvalue weighted by atomic mass is 10.1. The van der Waals surface area contributed by atoms with Crippen LogP contribution in [0.25, 0.3) is 0 Å². The summed E-state index contributed by atoms with van der Waals surface area (Å²) in [5.74, 6) is -0.341. The highest BCUT2D eigenvalue weighted by Crippen LogP contribution is 2.21. The van der Waals surface area contributed by atoms with Crippen LogP contribution in [0.4, 0.5) is 0 Å². The lowest BCUT2D eigenvalue weighted by molar-refractivity contribution is -0.121. The van der Waals surface area contributed by atoms with Gasteiger partial charge in [0.1, 0.15) is 17.3 Å². The second-order valence-corrected chi connectivity index (χ2v) is 9.81. The van der Waals surface area contributed by atoms with E-state index in [1.807, 2.05) is 30.3 Å². The molecule has 0 bridgehead atoms. The summed E-state index contributed by atoms with van der Waals surface area (Å²) in [5.41, 5.74) is 8.00. The van der Waals surface area contributed by atoms with Crippen LogP contribution in [-0.4, -0.2) is 65.4 Å². The van der Waals surface area contributed by atoms with E-state index < -0.39 is 0 Å². The molecule has 10 nitrogen and oxygen atoms in total. The molecule has 2 aromatic heterocycles. The molecule has 200 valence electrons. The number of pyridine rings is 1. The second kappa shape index (κ2) is 13.6. The van der Waals surface area contributed by atoms with Gasteiger partial charge in [0.15, 0.2) is 11.4 Å². The van der Waals surface area contributed by atoms with Gasteiger partial charge >= 0.3 is 0 Å². The number of amides is 3. The molecule has 0 fully saturated rings. The van der Waals surface area contributed by atoms with Crippen molar-refractivity contribution in [2.45, 2.75) is 31.7 Å². The first-order valence-corrected chi connectivity index (χ1v) is 13.6. The monoisotopic (exact) mass is 536 g/mol. The van der Waals surface area contributed by atoms with Crippen LogP contribution in [-0.2, 0) is 11.2 Å². The zero-order valence-corrected chi connectivity index (χ0v) is 21.9. The third-order valence-electron chi connectivity index (χ3n) is 6.03. The summed E-state index contributed by atoms with van der Waals surface area (Å²) in [7, 11) is 0. The van der Waals surface area contributed by atoms with Gasteiger partial charge in [-0.05, 0) is 37.0 Å². The maximum atomic E-state index is 13.4. The Bertz CT molecular complexity index is 1240. The summed E-state index contributed by atoms with van der Waals surface area (Å²) in [6.07, 6.45) is 3.46. The van der Waals surface area contributed by atoms with E-state index >= 15 is 0 Å². The first-order valence-electron chi connectivity index (χ1n) is 12.7. The van der Waals surface area contributed by atoms with E-state index in [0.717, 1.165) is 5.56 Å². The molecule has 3 heterocycles. The van der Waals surface area contributed by atoms with Crippen molar-refractivity contribution in [3.63, 3.8) is 0 Å². The number of rotatable bonds is 4. The fourth-order valence-electron chi connectivity index (χ4n) is 4.09. The molecule has 3 aromatic rings. The van der Waals surface area contributed by atoms with Crippen molar-refractivity contribution >= 4 is 29.1 Å². The van der Waals surface area contributed by atoms with Gasteiger partial charge in [0, 0.05) is 37.6 Å². The maximum absolute atomic E-state index is 13.4. The van der Waals surface area contributed by atoms with Gasteiger partial charge in [-0.15, -0.1) is 11.3 Å². The van der Waals surface area contributed by atoms with Crippen LogP contribution >= 0.6 is 11.3 Å². The maximum Gasteiger partial charge on any atom is 0.273 e. The third-order valence-corrected chi connectivity index (χ3v) is 7.01. The smallest absolute Gasteiger partial charge is 0.273 e. The summed E-state index contributed by atoms with van der Waals surface area (Å²) in [6, 6.07) is 13.0. The van der Waals surface area contributed by atoms with Crippen molar-refractivity contribution in [3.8, 4) is 5.75 Å². The Hall–Kier alpha value is -3.83. The summed E-state index contributed by atoms with van der Waals surface area (Å²) in [5, 5.41) is 8.09. The second-order valence-electron chi connectivity index (χ2n) is 8.92. The first-order chi connectivity index (χ1) is 18.5. The Balaban J connectivity index is 1.41. The van der Waals surface area contributed by atoms with Crippen LogP contribution in [0.2, 0.25) is 0 Å². The molecule has 3 amide bonds. The van der Waals surface area contributed by atoms with Gasteiger partial charge in [0.2, 0.25) is 5.91 Å². The van der Waals surface area contributed by atoms with Crippen molar-refractivity contribution in [2.75, 3.05) is 32.8 Å². The number of hydrogen-bond donors (Lipinski definition) is 3. The molecule has 38 heavy (non-hydrogen) atoms. The highest BCUT2D eigenvalue weighted by molar-refractivity contribution is 7.09. The number of nitrogens with zero attached hydrogens (tertiary/aromatic N) is 3. The van der Waals surface area contributed by atoms with Crippen LogP contribution in [0.1, 0.15) is 56.9 Å². The van der Waals surface area contributed by atoms with E-state index in [0.29, 0.717) is 61.9 Å². The van der Waals surface area contributed by atoms with Crippen LogP contribution in [0.15, 0.2) is 54.0 Å². The Morgan fingerprint density at radius 3 is 2.74 bits per heavy atom. The molecule has 4 N–H and O–H groups in total. The zero-order chi connectivity index (χ0) is 26.7. The summed E-state index contributed by atoms with van der Waals surface area (Å²) in [4.78, 5) is 48.7. The van der Waals surface area contributed by atoms with Crippen LogP contribution in [0.3, 0.4) is 0 Å². The van der Waals surface area contributed by atoms with Gasteiger partial charge in [-0.1, -0.05) is 30.3 Å². The Morgan fingerprint density at radius 1 is 1.08 bits per heavy atom. The molecule has 11 heteroatoms. The van der Waals surface area contributed by atoms with Crippen molar-refractivity contribution in [1.82, 2.24) is 25.5 Å². The summed E-state index contributed by atoms with van der Waals surface area (Å²) in [6.45, 7) is 1.64. The van der Waals surface area contributed by atoms with E-state index in [1.54, 1.807) is 22.4 Å².